The molecule has 0 amide bonds. The molecule has 0 aromatic heterocycles. The van der Waals surface area contributed by atoms with E-state index in [1.165, 1.54) is 21.2 Å². The van der Waals surface area contributed by atoms with Crippen molar-refractivity contribution in [1.29, 1.82) is 0 Å². The van der Waals surface area contributed by atoms with Crippen LogP contribution in [0.3, 0.4) is 0 Å². The molecule has 120 valence electrons. The Morgan fingerprint density at radius 2 is 0.958 bits per heavy atom. The molecule has 0 atom stereocenters. The van der Waals surface area contributed by atoms with Crippen LogP contribution < -0.4 is 0 Å². The predicted molar refractivity (Wildman–Crippen MR) is 103 cm³/mol. The van der Waals surface area contributed by atoms with E-state index in [2.05, 4.69) is 111 Å². The fraction of sp³-hybridized carbons (Fsp3) is 0.136. The van der Waals surface area contributed by atoms with Gasteiger partial charge in [-0.1, -0.05) is 0 Å². The van der Waals surface area contributed by atoms with Crippen molar-refractivity contribution in [1.82, 2.24) is 4.90 Å². The summed E-state index contributed by atoms with van der Waals surface area (Å²) < 4.78 is 1.27. The maximum atomic E-state index is 3.31. The number of hydrogen-bond donors (Lipinski definition) is 0. The summed E-state index contributed by atoms with van der Waals surface area (Å²) in [6.45, 7) is 1.82. The fourth-order valence-electron chi connectivity index (χ4n) is 2.72. The van der Waals surface area contributed by atoms with E-state index in [0.29, 0.717) is 0 Å². The molecule has 0 saturated carbocycles. The van der Waals surface area contributed by atoms with Gasteiger partial charge in [0.05, 0.1) is 0 Å². The Hall–Kier alpha value is -2.15. The molecule has 2 heteroatoms. The van der Waals surface area contributed by atoms with E-state index in [1.54, 1.807) is 0 Å². The van der Waals surface area contributed by atoms with Crippen molar-refractivity contribution in [2.24, 2.45) is 0 Å². The van der Waals surface area contributed by atoms with Crippen molar-refractivity contribution in [3.8, 4) is 0 Å². The molecular weight excluding hydrogens is 357 g/mol. The molecule has 0 aliphatic rings. The van der Waals surface area contributed by atoms with Gasteiger partial charge in [-0.3, -0.25) is 0 Å². The van der Waals surface area contributed by atoms with Gasteiger partial charge in [0.1, 0.15) is 0 Å². The van der Waals surface area contributed by atoms with Gasteiger partial charge in [0.2, 0.25) is 0 Å². The molecule has 0 aliphatic heterocycles. The van der Waals surface area contributed by atoms with Gasteiger partial charge >= 0.3 is 152 Å². The van der Waals surface area contributed by atoms with Crippen LogP contribution in [0.15, 0.2) is 91.0 Å². The van der Waals surface area contributed by atoms with Gasteiger partial charge in [0, 0.05) is 0 Å². The minimum atomic E-state index is 0.908. The van der Waals surface area contributed by atoms with Crippen molar-refractivity contribution in [3.63, 3.8) is 0 Å². The zero-order valence-corrected chi connectivity index (χ0v) is 15.4. The zero-order chi connectivity index (χ0) is 16.6. The zero-order valence-electron chi connectivity index (χ0n) is 13.6. The second-order valence-electron chi connectivity index (χ2n) is 5.88. The van der Waals surface area contributed by atoms with Crippen LogP contribution in [0.4, 0.5) is 0 Å². The molecule has 0 unspecified atom stereocenters. The van der Waals surface area contributed by atoms with E-state index in [0.717, 1.165) is 19.5 Å². The Kier molecular flexibility index (Phi) is 6.01. The first-order chi connectivity index (χ1) is 11.8. The summed E-state index contributed by atoms with van der Waals surface area (Å²) in [6, 6.07) is 31.9. The van der Waals surface area contributed by atoms with Gasteiger partial charge in [-0.2, -0.15) is 0 Å². The van der Waals surface area contributed by atoms with Crippen molar-refractivity contribution in [2.45, 2.75) is 19.5 Å². The van der Waals surface area contributed by atoms with E-state index >= 15 is 0 Å². The number of hydrogen-bond acceptors (Lipinski definition) is 1. The summed E-state index contributed by atoms with van der Waals surface area (Å²) in [5.41, 5.74) is 3.99. The fourth-order valence-corrected chi connectivity index (χ4v) is 3.34. The Morgan fingerprint density at radius 1 is 0.583 bits per heavy atom. The van der Waals surface area contributed by atoms with Crippen LogP contribution in [0.25, 0.3) is 0 Å². The van der Waals surface area contributed by atoms with Crippen LogP contribution in [-0.2, 0) is 19.5 Å². The first-order valence-electron chi connectivity index (χ1n) is 8.21. The summed E-state index contributed by atoms with van der Waals surface area (Å²) in [5.74, 6) is 0. The molecule has 0 fully saturated rings. The monoisotopic (exact) mass is 379 g/mol. The van der Waals surface area contributed by atoms with Gasteiger partial charge in [0.25, 0.3) is 0 Å². The first-order valence-corrected chi connectivity index (χ1v) is 9.06. The van der Waals surface area contributed by atoms with Gasteiger partial charge in [-0.25, -0.2) is 0 Å². The first kappa shape index (κ1) is 16.7. The molecule has 0 radical (unpaired) electrons. The molecule has 0 bridgehead atoms. The molecule has 0 saturated heterocycles. The maximum absolute atomic E-state index is 3.31. The second kappa shape index (κ2) is 8.63. The van der Waals surface area contributed by atoms with Crippen LogP contribution in [0.5, 0.6) is 0 Å². The quantitative estimate of drug-likeness (QED) is 0.556. The van der Waals surface area contributed by atoms with Gasteiger partial charge in [-0.05, 0) is 0 Å². The van der Waals surface area contributed by atoms with E-state index in [-0.39, 0.29) is 0 Å². The Morgan fingerprint density at radius 3 is 1.38 bits per heavy atom. The molecule has 0 aliphatic carbocycles. The van der Waals surface area contributed by atoms with Crippen LogP contribution in [0.2, 0.25) is 0 Å². The van der Waals surface area contributed by atoms with Crippen LogP contribution >= 0.6 is 0 Å². The molecule has 1 nitrogen and oxygen atoms in total. The van der Waals surface area contributed by atoms with Gasteiger partial charge in [-0.15, -0.1) is 0 Å². The van der Waals surface area contributed by atoms with Crippen molar-refractivity contribution >= 4 is 20.1 Å². The molecule has 0 spiro atoms. The summed E-state index contributed by atoms with van der Waals surface area (Å²) >= 11 is 3.31. The normalized spacial score (nSPS) is 10.3. The Labute approximate surface area is 152 Å². The molecule has 3 aromatic rings. The van der Waals surface area contributed by atoms with E-state index in [1.807, 2.05) is 0 Å². The molecule has 3 aromatic carbocycles. The molecule has 0 heterocycles. The average Bonchev–Trinajstić information content (AvgIpc) is 2.64. The van der Waals surface area contributed by atoms with Crippen LogP contribution in [0.1, 0.15) is 16.7 Å². The average molecular weight is 378 g/mol. The second-order valence-corrected chi connectivity index (χ2v) is 6.87. The van der Waals surface area contributed by atoms with Crippen LogP contribution in [-0.4, -0.2) is 25.0 Å². The summed E-state index contributed by atoms with van der Waals surface area (Å²) in [7, 11) is 0. The standard InChI is InChI=1S/C22H21NSe/c24-22(16-19-10-4-1-5-11-19)23(17-20-12-6-2-7-13-20)18-21-14-8-3-9-15-21/h1-15H,16-18H2. The number of benzene rings is 3. The Bertz CT molecular complexity index is 712. The minimum absolute atomic E-state index is 0.908. The Balaban J connectivity index is 1.76. The number of nitrogens with zero attached hydrogens (tertiary/aromatic N) is 1. The van der Waals surface area contributed by atoms with E-state index in [4.69, 9.17) is 0 Å². The van der Waals surface area contributed by atoms with Gasteiger partial charge in [0.15, 0.2) is 0 Å². The summed E-state index contributed by atoms with van der Waals surface area (Å²) in [6.07, 6.45) is 0.931. The number of rotatable bonds is 7. The molecular formula is C22H21NSe. The van der Waals surface area contributed by atoms with Crippen molar-refractivity contribution in [2.75, 3.05) is 0 Å². The van der Waals surface area contributed by atoms with E-state index in [9.17, 15) is 0 Å². The topological polar surface area (TPSA) is 3.24 Å². The molecule has 3 rings (SSSR count). The van der Waals surface area contributed by atoms with Crippen molar-refractivity contribution in [3.05, 3.63) is 108 Å². The third kappa shape index (κ3) is 4.92. The molecule has 0 N–H and O–H groups in total. The van der Waals surface area contributed by atoms with Crippen molar-refractivity contribution < 1.29 is 0 Å². The third-order valence-corrected chi connectivity index (χ3v) is 4.83. The SMILES string of the molecule is [Se]=C(Cc1ccccc1)N(Cc1ccccc1)Cc1ccccc1. The van der Waals surface area contributed by atoms with Gasteiger partial charge < -0.3 is 0 Å². The van der Waals surface area contributed by atoms with E-state index < -0.39 is 0 Å². The summed E-state index contributed by atoms with van der Waals surface area (Å²) in [4.78, 5) is 2.43. The third-order valence-electron chi connectivity index (χ3n) is 3.98. The van der Waals surface area contributed by atoms with Crippen LogP contribution in [0, 0.1) is 0 Å². The summed E-state index contributed by atoms with van der Waals surface area (Å²) in [5, 5.41) is 0. The predicted octanol–water partition coefficient (Wildman–Crippen LogP) is 4.23. The molecule has 24 heavy (non-hydrogen) atoms.